The summed E-state index contributed by atoms with van der Waals surface area (Å²) >= 11 is 0. The molecule has 6 rings (SSSR count). The highest BCUT2D eigenvalue weighted by molar-refractivity contribution is 5.83. The third-order valence-corrected chi connectivity index (χ3v) is 8.94. The fourth-order valence-corrected chi connectivity index (χ4v) is 6.35. The molecule has 0 bridgehead atoms. The highest BCUT2D eigenvalue weighted by Gasteiger charge is 2.28. The molecule has 44 heavy (non-hydrogen) atoms. The van der Waals surface area contributed by atoms with Crippen molar-refractivity contribution < 1.29 is 23.4 Å². The van der Waals surface area contributed by atoms with Crippen molar-refractivity contribution in [2.45, 2.75) is 51.8 Å². The number of H-pyrrole nitrogens is 1. The van der Waals surface area contributed by atoms with Gasteiger partial charge in [-0.3, -0.25) is 9.69 Å². The number of ether oxygens (including phenoxy) is 1. The van der Waals surface area contributed by atoms with Gasteiger partial charge in [0, 0.05) is 69.2 Å². The minimum absolute atomic E-state index is 0.0187. The number of carbonyl (C=O) groups is 1. The van der Waals surface area contributed by atoms with E-state index in [4.69, 9.17) is 4.74 Å². The van der Waals surface area contributed by atoms with Crippen molar-refractivity contribution in [3.8, 4) is 11.5 Å². The van der Waals surface area contributed by atoms with Gasteiger partial charge in [-0.2, -0.15) is 0 Å². The summed E-state index contributed by atoms with van der Waals surface area (Å²) < 4.78 is 34.5. The number of benzene rings is 2. The number of fused-ring (bicyclic) bond motifs is 2. The van der Waals surface area contributed by atoms with Gasteiger partial charge >= 0.3 is 0 Å². The van der Waals surface area contributed by atoms with Gasteiger partial charge in [0.2, 0.25) is 5.91 Å². The van der Waals surface area contributed by atoms with Crippen molar-refractivity contribution in [2.75, 3.05) is 39.8 Å². The first kappa shape index (κ1) is 30.2. The zero-order chi connectivity index (χ0) is 30.8. The van der Waals surface area contributed by atoms with Crippen molar-refractivity contribution in [1.82, 2.24) is 24.7 Å². The second kappa shape index (κ2) is 13.0. The van der Waals surface area contributed by atoms with E-state index < -0.39 is 6.43 Å². The fraction of sp³-hybridized carbons (Fsp3) is 0.412. The summed E-state index contributed by atoms with van der Waals surface area (Å²) in [7, 11) is 2.07. The molecule has 2 aliphatic heterocycles. The number of rotatable bonds is 9. The molecule has 1 atom stereocenters. The maximum atomic E-state index is 14.1. The van der Waals surface area contributed by atoms with Crippen molar-refractivity contribution in [3.63, 3.8) is 0 Å². The number of aliphatic hydroxyl groups is 1. The number of piperazine rings is 1. The number of aliphatic hydroxyl groups excluding tert-OH is 1. The number of nitrogens with zero attached hydrogens (tertiary/aromatic N) is 4. The first-order valence-corrected chi connectivity index (χ1v) is 15.3. The van der Waals surface area contributed by atoms with Crippen LogP contribution in [0.15, 0.2) is 54.7 Å². The van der Waals surface area contributed by atoms with Gasteiger partial charge in [-0.05, 0) is 66.1 Å². The summed E-state index contributed by atoms with van der Waals surface area (Å²) in [6, 6.07) is 14.7. The minimum Gasteiger partial charge on any atom is -0.457 e. The number of halogens is 2. The number of carbonyl (C=O) groups excluding carboxylic acids is 1. The summed E-state index contributed by atoms with van der Waals surface area (Å²) in [6.45, 7) is 7.04. The Morgan fingerprint density at radius 1 is 1.11 bits per heavy atom. The topological polar surface area (TPSA) is 84.9 Å². The average Bonchev–Trinajstić information content (AvgIpc) is 3.47. The largest absolute Gasteiger partial charge is 0.457 e. The van der Waals surface area contributed by atoms with E-state index in [0.29, 0.717) is 53.6 Å². The molecular weight excluding hydrogens is 564 g/mol. The van der Waals surface area contributed by atoms with Crippen LogP contribution in [0.5, 0.6) is 11.5 Å². The number of aromatic amines is 1. The number of likely N-dealkylation sites (N-methyl/N-ethyl adjacent to an activating group) is 1. The van der Waals surface area contributed by atoms with Gasteiger partial charge in [0.25, 0.3) is 6.43 Å². The molecule has 1 amide bonds. The van der Waals surface area contributed by atoms with E-state index in [2.05, 4.69) is 39.8 Å². The summed E-state index contributed by atoms with van der Waals surface area (Å²) in [4.78, 5) is 27.3. The fourth-order valence-electron chi connectivity index (χ4n) is 6.35. The Morgan fingerprint density at radius 3 is 2.68 bits per heavy atom. The SMILES string of the molecule is CC[C@H]1CN(C(=O)Cc2ccc(CN3CCN(C)CC3)c(C(F)F)c2)Cc2cc(Oc3ccnc4[nH]c(CO)cc34)ccc21. The normalized spacial score (nSPS) is 17.8. The van der Waals surface area contributed by atoms with E-state index in [-0.39, 0.29) is 30.4 Å². The summed E-state index contributed by atoms with van der Waals surface area (Å²) in [5.74, 6) is 1.35. The van der Waals surface area contributed by atoms with Crippen LogP contribution in [0.25, 0.3) is 11.0 Å². The lowest BCUT2D eigenvalue weighted by Crippen LogP contribution is -2.44. The highest BCUT2D eigenvalue weighted by Crippen LogP contribution is 2.36. The van der Waals surface area contributed by atoms with Crippen molar-refractivity contribution in [2.24, 2.45) is 0 Å². The summed E-state index contributed by atoms with van der Waals surface area (Å²) in [5.41, 5.74) is 4.75. The quantitative estimate of drug-likeness (QED) is 0.259. The van der Waals surface area contributed by atoms with Gasteiger partial charge in [-0.25, -0.2) is 13.8 Å². The molecule has 2 N–H and O–H groups in total. The van der Waals surface area contributed by atoms with Crippen molar-refractivity contribution in [1.29, 1.82) is 0 Å². The van der Waals surface area contributed by atoms with E-state index >= 15 is 0 Å². The number of aromatic nitrogens is 2. The van der Waals surface area contributed by atoms with Gasteiger partial charge in [-0.1, -0.05) is 25.1 Å². The van der Waals surface area contributed by atoms with Gasteiger partial charge in [0.1, 0.15) is 17.1 Å². The first-order valence-electron chi connectivity index (χ1n) is 15.3. The number of nitrogens with one attached hydrogen (secondary N) is 1. The Balaban J connectivity index is 1.17. The standard InChI is InChI=1S/C34H39F2N5O3/c1-3-23-19-41(32(43)15-22-4-5-24(29(14-22)33(35)36)18-40-12-10-39(2)11-13-40)20-25-16-27(6-7-28(23)25)44-31-8-9-37-34-30(31)17-26(21-42)38-34/h4-9,14,16-17,23,33,42H,3,10-13,15,18-21H2,1-2H3,(H,37,38)/t23-/m0/s1. The lowest BCUT2D eigenvalue weighted by atomic mass is 9.87. The monoisotopic (exact) mass is 603 g/mol. The molecule has 2 aliphatic rings. The summed E-state index contributed by atoms with van der Waals surface area (Å²) in [5, 5.41) is 10.3. The Bertz CT molecular complexity index is 1630. The van der Waals surface area contributed by atoms with Crippen molar-refractivity contribution >= 4 is 16.9 Å². The molecule has 0 saturated carbocycles. The Hall–Kier alpha value is -3.86. The van der Waals surface area contributed by atoms with E-state index in [0.717, 1.165) is 43.5 Å². The molecule has 8 nitrogen and oxygen atoms in total. The predicted molar refractivity (Wildman–Crippen MR) is 165 cm³/mol. The van der Waals surface area contributed by atoms with Crippen molar-refractivity contribution in [3.05, 3.63) is 88.2 Å². The smallest absolute Gasteiger partial charge is 0.264 e. The molecular formula is C34H39F2N5O3. The molecule has 2 aromatic carbocycles. The molecule has 4 aromatic rings. The number of pyridine rings is 1. The van der Waals surface area contributed by atoms with Crippen LogP contribution in [0.4, 0.5) is 8.78 Å². The lowest BCUT2D eigenvalue weighted by Gasteiger charge is -2.35. The van der Waals surface area contributed by atoms with Crippen LogP contribution in [0.1, 0.15) is 59.2 Å². The van der Waals surface area contributed by atoms with E-state index in [1.807, 2.05) is 29.2 Å². The van der Waals surface area contributed by atoms with E-state index in [1.165, 1.54) is 11.6 Å². The molecule has 1 saturated heterocycles. The molecule has 0 radical (unpaired) electrons. The average molecular weight is 604 g/mol. The Kier molecular flexibility index (Phi) is 8.93. The molecule has 0 spiro atoms. The van der Waals surface area contributed by atoms with Crippen LogP contribution in [-0.4, -0.2) is 75.5 Å². The second-order valence-corrected chi connectivity index (χ2v) is 12.0. The third-order valence-electron chi connectivity index (χ3n) is 8.94. The molecule has 232 valence electrons. The molecule has 0 unspecified atom stereocenters. The van der Waals surface area contributed by atoms with Crippen LogP contribution in [0.2, 0.25) is 0 Å². The molecule has 0 aliphatic carbocycles. The number of hydrogen-bond donors (Lipinski definition) is 2. The van der Waals surface area contributed by atoms with Crippen LogP contribution < -0.4 is 4.74 Å². The Labute approximate surface area is 256 Å². The van der Waals surface area contributed by atoms with Crippen LogP contribution in [-0.2, 0) is 30.9 Å². The number of alkyl halides is 2. The van der Waals surface area contributed by atoms with Gasteiger partial charge < -0.3 is 24.6 Å². The maximum Gasteiger partial charge on any atom is 0.264 e. The second-order valence-electron chi connectivity index (χ2n) is 12.0. The first-order chi connectivity index (χ1) is 21.3. The van der Waals surface area contributed by atoms with E-state index in [1.54, 1.807) is 18.3 Å². The van der Waals surface area contributed by atoms with Gasteiger partial charge in [0.15, 0.2) is 0 Å². The van der Waals surface area contributed by atoms with Crippen LogP contribution >= 0.6 is 0 Å². The highest BCUT2D eigenvalue weighted by atomic mass is 19.3. The molecule has 10 heteroatoms. The molecule has 4 heterocycles. The Morgan fingerprint density at radius 2 is 1.93 bits per heavy atom. The lowest BCUT2D eigenvalue weighted by molar-refractivity contribution is -0.131. The molecule has 1 fully saturated rings. The predicted octanol–water partition coefficient (Wildman–Crippen LogP) is 5.61. The summed E-state index contributed by atoms with van der Waals surface area (Å²) in [6.07, 6.45) is -0.00206. The van der Waals surface area contributed by atoms with E-state index in [9.17, 15) is 18.7 Å². The van der Waals surface area contributed by atoms with Gasteiger partial charge in [0.05, 0.1) is 18.4 Å². The number of hydrogen-bond acceptors (Lipinski definition) is 6. The number of amides is 1. The van der Waals surface area contributed by atoms with Crippen LogP contribution in [0, 0.1) is 0 Å². The van der Waals surface area contributed by atoms with Crippen LogP contribution in [0.3, 0.4) is 0 Å². The maximum absolute atomic E-state index is 14.1. The third kappa shape index (κ3) is 6.47. The minimum atomic E-state index is -2.60. The van der Waals surface area contributed by atoms with Gasteiger partial charge in [-0.15, -0.1) is 0 Å². The molecule has 2 aromatic heterocycles. The zero-order valence-electron chi connectivity index (χ0n) is 25.2. The zero-order valence-corrected chi connectivity index (χ0v) is 25.2.